The first-order valence-corrected chi connectivity index (χ1v) is 8.15. The highest BCUT2D eigenvalue weighted by atomic mass is 19.1. The van der Waals surface area contributed by atoms with E-state index in [2.05, 4.69) is 19.1 Å². The van der Waals surface area contributed by atoms with Gasteiger partial charge in [-0.25, -0.2) is 4.39 Å². The lowest BCUT2D eigenvalue weighted by atomic mass is 9.90. The minimum atomic E-state index is -0.205. The molecular formula is C20H23FO2. The van der Waals surface area contributed by atoms with Crippen LogP contribution in [0.25, 0.3) is 11.1 Å². The lowest BCUT2D eigenvalue weighted by Crippen LogP contribution is -2.00. The van der Waals surface area contributed by atoms with Gasteiger partial charge in [0.2, 0.25) is 0 Å². The first-order chi connectivity index (χ1) is 11.0. The van der Waals surface area contributed by atoms with Crippen LogP contribution in [-0.2, 0) is 24.4 Å². The third-order valence-corrected chi connectivity index (χ3v) is 4.55. The smallest absolute Gasteiger partial charge is 0.130 e. The van der Waals surface area contributed by atoms with Gasteiger partial charge in [-0.3, -0.25) is 0 Å². The number of methoxy groups -OCH3 is 1. The molecule has 0 radical (unpaired) electrons. The number of hydrogen-bond acceptors (Lipinski definition) is 2. The molecule has 3 heteroatoms. The second kappa shape index (κ2) is 6.32. The van der Waals surface area contributed by atoms with Crippen molar-refractivity contribution in [1.82, 2.24) is 0 Å². The maximum atomic E-state index is 14.3. The van der Waals surface area contributed by atoms with Gasteiger partial charge in [-0.05, 0) is 52.3 Å². The van der Waals surface area contributed by atoms with Crippen LogP contribution in [0.4, 0.5) is 4.39 Å². The van der Waals surface area contributed by atoms with Crippen molar-refractivity contribution in [3.8, 4) is 16.9 Å². The maximum Gasteiger partial charge on any atom is 0.130 e. The second-order valence-electron chi connectivity index (χ2n) is 6.35. The first-order valence-electron chi connectivity index (χ1n) is 8.15. The summed E-state index contributed by atoms with van der Waals surface area (Å²) in [5, 5.41) is 0. The van der Waals surface area contributed by atoms with E-state index < -0.39 is 0 Å². The van der Waals surface area contributed by atoms with Crippen molar-refractivity contribution in [3.05, 3.63) is 52.3 Å². The van der Waals surface area contributed by atoms with Crippen LogP contribution in [0.3, 0.4) is 0 Å². The van der Waals surface area contributed by atoms with E-state index in [0.29, 0.717) is 19.0 Å². The molecule has 0 saturated carbocycles. The molecule has 0 saturated heterocycles. The zero-order chi connectivity index (χ0) is 16.6. The van der Waals surface area contributed by atoms with E-state index in [-0.39, 0.29) is 11.7 Å². The van der Waals surface area contributed by atoms with Crippen molar-refractivity contribution in [2.24, 2.45) is 0 Å². The average Bonchev–Trinajstić information content (AvgIpc) is 3.00. The Bertz CT molecular complexity index is 735. The molecule has 2 aromatic carbocycles. The molecule has 23 heavy (non-hydrogen) atoms. The van der Waals surface area contributed by atoms with Crippen LogP contribution < -0.4 is 4.74 Å². The van der Waals surface area contributed by atoms with Crippen molar-refractivity contribution < 1.29 is 13.9 Å². The molecule has 0 aromatic heterocycles. The molecular weight excluding hydrogens is 291 g/mol. The summed E-state index contributed by atoms with van der Waals surface area (Å²) in [6.45, 7) is 7.48. The number of rotatable bonds is 4. The molecule has 2 aromatic rings. The highest BCUT2D eigenvalue weighted by Gasteiger charge is 2.20. The Labute approximate surface area is 137 Å². The molecule has 0 spiro atoms. The molecule has 0 N–H and O–H groups in total. The largest absolute Gasteiger partial charge is 0.496 e. The number of fused-ring (bicyclic) bond motifs is 1. The van der Waals surface area contributed by atoms with Crippen molar-refractivity contribution in [3.63, 3.8) is 0 Å². The third kappa shape index (κ3) is 2.86. The van der Waals surface area contributed by atoms with Gasteiger partial charge in [-0.15, -0.1) is 0 Å². The van der Waals surface area contributed by atoms with Crippen LogP contribution >= 0.6 is 0 Å². The Balaban J connectivity index is 2.23. The lowest BCUT2D eigenvalue weighted by Gasteiger charge is -2.17. The normalized spacial score (nSPS) is 13.5. The zero-order valence-corrected chi connectivity index (χ0v) is 14.2. The van der Waals surface area contributed by atoms with E-state index >= 15 is 0 Å². The topological polar surface area (TPSA) is 18.5 Å². The van der Waals surface area contributed by atoms with Crippen molar-refractivity contribution >= 4 is 0 Å². The van der Waals surface area contributed by atoms with Crippen molar-refractivity contribution in [1.29, 1.82) is 0 Å². The Hall–Kier alpha value is -1.87. The monoisotopic (exact) mass is 314 g/mol. The highest BCUT2D eigenvalue weighted by molar-refractivity contribution is 5.75. The predicted octanol–water partition coefficient (Wildman–Crippen LogP) is 5.22. The summed E-state index contributed by atoms with van der Waals surface area (Å²) in [6.07, 6.45) is 0.917. The standard InChI is InChI=1S/C20H23FO2/c1-5-13-6-14-10-23-11-15(14)7-17(13)18-8-16(12(2)3)19(21)9-20(18)22-4/h6-9,12H,5,10-11H2,1-4H3. The fraction of sp³-hybridized carbons (Fsp3) is 0.400. The zero-order valence-electron chi connectivity index (χ0n) is 14.2. The van der Waals surface area contributed by atoms with E-state index in [9.17, 15) is 4.39 Å². The summed E-state index contributed by atoms with van der Waals surface area (Å²) in [5.41, 5.74) is 6.53. The Morgan fingerprint density at radius 2 is 1.78 bits per heavy atom. The predicted molar refractivity (Wildman–Crippen MR) is 90.3 cm³/mol. The van der Waals surface area contributed by atoms with Crippen LogP contribution in [0.1, 0.15) is 48.9 Å². The molecule has 0 amide bonds. The highest BCUT2D eigenvalue weighted by Crippen LogP contribution is 2.39. The van der Waals surface area contributed by atoms with Crippen LogP contribution in [0.15, 0.2) is 24.3 Å². The molecule has 0 aliphatic carbocycles. The van der Waals surface area contributed by atoms with Gasteiger partial charge in [0.05, 0.1) is 20.3 Å². The minimum Gasteiger partial charge on any atom is -0.496 e. The molecule has 2 nitrogen and oxygen atoms in total. The van der Waals surface area contributed by atoms with E-state index in [1.54, 1.807) is 7.11 Å². The van der Waals surface area contributed by atoms with Gasteiger partial charge in [0.15, 0.2) is 0 Å². The van der Waals surface area contributed by atoms with Crippen LogP contribution in [-0.4, -0.2) is 7.11 Å². The Morgan fingerprint density at radius 1 is 1.09 bits per heavy atom. The fourth-order valence-corrected chi connectivity index (χ4v) is 3.22. The SMILES string of the molecule is CCc1cc2c(cc1-c1cc(C(C)C)c(F)cc1OC)COC2. The number of benzene rings is 2. The van der Waals surface area contributed by atoms with Crippen LogP contribution in [0.5, 0.6) is 5.75 Å². The maximum absolute atomic E-state index is 14.3. The summed E-state index contributed by atoms with van der Waals surface area (Å²) >= 11 is 0. The summed E-state index contributed by atoms with van der Waals surface area (Å²) < 4.78 is 25.3. The van der Waals surface area contributed by atoms with E-state index in [1.807, 2.05) is 19.9 Å². The molecule has 3 rings (SSSR count). The first kappa shape index (κ1) is 16.0. The molecule has 0 atom stereocenters. The Kier molecular flexibility index (Phi) is 4.40. The van der Waals surface area contributed by atoms with Gasteiger partial charge in [0, 0.05) is 11.6 Å². The number of aryl methyl sites for hydroxylation is 1. The second-order valence-corrected chi connectivity index (χ2v) is 6.35. The van der Waals surface area contributed by atoms with Gasteiger partial charge in [-0.1, -0.05) is 26.8 Å². The van der Waals surface area contributed by atoms with E-state index in [4.69, 9.17) is 9.47 Å². The van der Waals surface area contributed by atoms with Crippen LogP contribution in [0.2, 0.25) is 0 Å². The van der Waals surface area contributed by atoms with Crippen LogP contribution in [0, 0.1) is 5.82 Å². The van der Waals surface area contributed by atoms with Gasteiger partial charge in [0.25, 0.3) is 0 Å². The summed E-state index contributed by atoms with van der Waals surface area (Å²) in [7, 11) is 1.59. The molecule has 122 valence electrons. The molecule has 0 bridgehead atoms. The quantitative estimate of drug-likeness (QED) is 0.770. The summed E-state index contributed by atoms with van der Waals surface area (Å²) in [5.74, 6) is 0.506. The molecule has 1 aliphatic heterocycles. The van der Waals surface area contributed by atoms with Gasteiger partial charge >= 0.3 is 0 Å². The molecule has 1 aliphatic rings. The third-order valence-electron chi connectivity index (χ3n) is 4.55. The van der Waals surface area contributed by atoms with Gasteiger partial charge in [-0.2, -0.15) is 0 Å². The minimum absolute atomic E-state index is 0.127. The number of halogens is 1. The number of ether oxygens (including phenoxy) is 2. The summed E-state index contributed by atoms with van der Waals surface area (Å²) in [4.78, 5) is 0. The molecule has 0 unspecified atom stereocenters. The van der Waals surface area contributed by atoms with E-state index in [1.165, 1.54) is 22.8 Å². The Morgan fingerprint density at radius 3 is 2.39 bits per heavy atom. The van der Waals surface area contributed by atoms with Gasteiger partial charge < -0.3 is 9.47 Å². The summed E-state index contributed by atoms with van der Waals surface area (Å²) in [6, 6.07) is 7.85. The average molecular weight is 314 g/mol. The number of hydrogen-bond donors (Lipinski definition) is 0. The molecule has 1 heterocycles. The van der Waals surface area contributed by atoms with Crippen molar-refractivity contribution in [2.45, 2.75) is 46.3 Å². The van der Waals surface area contributed by atoms with Crippen molar-refractivity contribution in [2.75, 3.05) is 7.11 Å². The van der Waals surface area contributed by atoms with Gasteiger partial charge in [0.1, 0.15) is 11.6 Å². The lowest BCUT2D eigenvalue weighted by molar-refractivity contribution is 0.134. The fourth-order valence-electron chi connectivity index (χ4n) is 3.22. The molecule has 0 fully saturated rings. The van der Waals surface area contributed by atoms with E-state index in [0.717, 1.165) is 23.1 Å².